The van der Waals surface area contributed by atoms with Crippen LogP contribution in [0.15, 0.2) is 67.1 Å². The van der Waals surface area contributed by atoms with Crippen molar-refractivity contribution in [2.45, 2.75) is 56.3 Å². The molecule has 10 N–H and O–H groups in total. The summed E-state index contributed by atoms with van der Waals surface area (Å²) in [6.07, 6.45) is 2.51. The van der Waals surface area contributed by atoms with Crippen molar-refractivity contribution in [2.24, 2.45) is 11.5 Å². The van der Waals surface area contributed by atoms with Crippen molar-refractivity contribution >= 4 is 29.6 Å². The minimum atomic E-state index is -1.35. The van der Waals surface area contributed by atoms with Crippen molar-refractivity contribution in [1.29, 1.82) is 0 Å². The van der Waals surface area contributed by atoms with E-state index in [9.17, 15) is 34.2 Å². The molecule has 228 valence electrons. The van der Waals surface area contributed by atoms with E-state index in [1.807, 2.05) is 0 Å². The number of hydrogen-bond donors (Lipinski definition) is 8. The van der Waals surface area contributed by atoms with Crippen molar-refractivity contribution < 1.29 is 34.2 Å². The number of H-pyrrole nitrogens is 1. The highest BCUT2D eigenvalue weighted by Crippen LogP contribution is 2.13. The Morgan fingerprint density at radius 3 is 1.98 bits per heavy atom. The molecule has 2 aromatic carbocycles. The van der Waals surface area contributed by atoms with E-state index < -0.39 is 53.8 Å². The second-order valence-electron chi connectivity index (χ2n) is 9.97. The van der Waals surface area contributed by atoms with Gasteiger partial charge in [0.25, 0.3) is 0 Å². The molecule has 4 atom stereocenters. The van der Waals surface area contributed by atoms with Crippen LogP contribution in [0.2, 0.25) is 0 Å². The molecule has 3 aromatic rings. The highest BCUT2D eigenvalue weighted by Gasteiger charge is 2.31. The Morgan fingerprint density at radius 2 is 1.37 bits per heavy atom. The van der Waals surface area contributed by atoms with Crippen LogP contribution >= 0.6 is 0 Å². The maximum absolute atomic E-state index is 13.5. The Labute approximate surface area is 247 Å². The number of nitrogens with one attached hydrogen (secondary N) is 4. The molecule has 1 aromatic heterocycles. The molecule has 0 spiro atoms. The van der Waals surface area contributed by atoms with Gasteiger partial charge in [-0.3, -0.25) is 19.2 Å². The van der Waals surface area contributed by atoms with Gasteiger partial charge in [0.05, 0.1) is 12.4 Å². The number of benzene rings is 2. The van der Waals surface area contributed by atoms with Gasteiger partial charge in [-0.05, 0) is 29.7 Å². The molecule has 43 heavy (non-hydrogen) atoms. The summed E-state index contributed by atoms with van der Waals surface area (Å²) in [4.78, 5) is 69.9. The topological polar surface area (TPSA) is 243 Å². The lowest BCUT2D eigenvalue weighted by atomic mass is 10.0. The van der Waals surface area contributed by atoms with E-state index >= 15 is 0 Å². The van der Waals surface area contributed by atoms with Crippen molar-refractivity contribution in [2.75, 3.05) is 0 Å². The van der Waals surface area contributed by atoms with Crippen LogP contribution in [0.5, 0.6) is 5.75 Å². The smallest absolute Gasteiger partial charge is 0.326 e. The number of aromatic nitrogens is 2. The number of amides is 4. The molecule has 4 amide bonds. The number of nitrogens with two attached hydrogens (primary N) is 2. The summed E-state index contributed by atoms with van der Waals surface area (Å²) in [5.74, 6) is -4.30. The van der Waals surface area contributed by atoms with E-state index in [2.05, 4.69) is 25.9 Å². The summed E-state index contributed by atoms with van der Waals surface area (Å²) < 4.78 is 0. The van der Waals surface area contributed by atoms with Crippen molar-refractivity contribution in [3.8, 4) is 5.75 Å². The highest BCUT2D eigenvalue weighted by atomic mass is 16.4. The molecule has 3 rings (SSSR count). The van der Waals surface area contributed by atoms with E-state index in [1.54, 1.807) is 42.5 Å². The molecule has 14 nitrogen and oxygen atoms in total. The number of aromatic hydroxyl groups is 1. The number of aliphatic carboxylic acids is 1. The monoisotopic (exact) mass is 593 g/mol. The van der Waals surface area contributed by atoms with Gasteiger partial charge in [0.1, 0.15) is 23.9 Å². The fourth-order valence-electron chi connectivity index (χ4n) is 4.23. The van der Waals surface area contributed by atoms with Gasteiger partial charge in [-0.25, -0.2) is 9.78 Å². The number of imidazole rings is 1. The van der Waals surface area contributed by atoms with E-state index in [4.69, 9.17) is 11.5 Å². The molecule has 0 saturated carbocycles. The van der Waals surface area contributed by atoms with Crippen LogP contribution in [-0.2, 0) is 43.2 Å². The van der Waals surface area contributed by atoms with E-state index in [-0.39, 0.29) is 37.9 Å². The predicted molar refractivity (Wildman–Crippen MR) is 154 cm³/mol. The summed E-state index contributed by atoms with van der Waals surface area (Å²) in [5, 5.41) is 26.9. The van der Waals surface area contributed by atoms with Gasteiger partial charge in [0.15, 0.2) is 0 Å². The highest BCUT2D eigenvalue weighted by molar-refractivity contribution is 5.94. The first-order chi connectivity index (χ1) is 20.5. The Kier molecular flexibility index (Phi) is 11.8. The van der Waals surface area contributed by atoms with Crippen molar-refractivity contribution in [1.82, 2.24) is 25.9 Å². The maximum Gasteiger partial charge on any atom is 0.326 e. The second-order valence-corrected chi connectivity index (χ2v) is 9.97. The fraction of sp³-hybridized carbons (Fsp3) is 0.310. The van der Waals surface area contributed by atoms with Crippen molar-refractivity contribution in [3.63, 3.8) is 0 Å². The lowest BCUT2D eigenvalue weighted by Crippen LogP contribution is -2.58. The third kappa shape index (κ3) is 10.6. The number of phenols is 1. The largest absolute Gasteiger partial charge is 0.508 e. The molecule has 14 heteroatoms. The molecule has 0 radical (unpaired) electrons. The number of aromatic amines is 1. The first-order valence-electron chi connectivity index (χ1n) is 13.5. The van der Waals surface area contributed by atoms with Crippen LogP contribution in [0.4, 0.5) is 0 Å². The second kappa shape index (κ2) is 15.7. The van der Waals surface area contributed by atoms with Crippen molar-refractivity contribution in [3.05, 3.63) is 83.9 Å². The predicted octanol–water partition coefficient (Wildman–Crippen LogP) is -0.725. The number of phenolic OH excluding ortho intramolecular Hbond substituents is 1. The fourth-order valence-corrected chi connectivity index (χ4v) is 4.23. The summed E-state index contributed by atoms with van der Waals surface area (Å²) in [7, 11) is 0. The number of hydrogen-bond acceptors (Lipinski definition) is 8. The molecule has 0 aliphatic rings. The van der Waals surface area contributed by atoms with E-state index in [0.29, 0.717) is 16.8 Å². The van der Waals surface area contributed by atoms with Gasteiger partial charge in [-0.1, -0.05) is 42.5 Å². The van der Waals surface area contributed by atoms with E-state index in [1.165, 1.54) is 24.7 Å². The SMILES string of the molecule is NC(=O)CCC(NC(=O)C(Cc1ccc(O)cc1)NC(=O)C(N)Cc1cnc[nH]1)C(=O)NC(Cc1ccccc1)C(=O)O. The standard InChI is InChI=1S/C29H35N7O7/c30-21(14-19-15-32-16-33-19)26(39)35-23(12-18-6-8-20(37)9-7-18)28(41)34-22(10-11-25(31)38)27(40)36-24(29(42)43)13-17-4-2-1-3-5-17/h1-9,15-16,21-24,37H,10-14,30H2,(H2,31,38)(H,32,33)(H,34,41)(H,35,39)(H,36,40)(H,42,43). The quantitative estimate of drug-likeness (QED) is 0.104. The average Bonchev–Trinajstić information content (AvgIpc) is 3.48. The molecule has 0 aliphatic heterocycles. The summed E-state index contributed by atoms with van der Waals surface area (Å²) >= 11 is 0. The number of primary amides is 1. The molecule has 0 saturated heterocycles. The number of carbonyl (C=O) groups is 5. The van der Waals surface area contributed by atoms with Gasteiger partial charge in [-0.2, -0.15) is 0 Å². The van der Waals surface area contributed by atoms with Crippen LogP contribution < -0.4 is 27.4 Å². The summed E-state index contributed by atoms with van der Waals surface area (Å²) in [6.45, 7) is 0. The summed E-state index contributed by atoms with van der Waals surface area (Å²) in [5.41, 5.74) is 13.2. The first-order valence-corrected chi connectivity index (χ1v) is 13.5. The zero-order chi connectivity index (χ0) is 31.4. The zero-order valence-corrected chi connectivity index (χ0v) is 23.2. The van der Waals surface area contributed by atoms with Gasteiger partial charge >= 0.3 is 5.97 Å². The van der Waals surface area contributed by atoms with E-state index in [0.717, 1.165) is 0 Å². The van der Waals surface area contributed by atoms with Gasteiger partial charge in [-0.15, -0.1) is 0 Å². The molecular formula is C29H35N7O7. The maximum atomic E-state index is 13.5. The molecule has 0 aliphatic carbocycles. The normalized spacial score (nSPS) is 13.6. The molecule has 4 unspecified atom stereocenters. The Bertz CT molecular complexity index is 1380. The minimum Gasteiger partial charge on any atom is -0.508 e. The van der Waals surface area contributed by atoms with Gasteiger partial charge in [0, 0.05) is 37.6 Å². The van der Waals surface area contributed by atoms with Gasteiger partial charge < -0.3 is 42.6 Å². The van der Waals surface area contributed by atoms with Crippen LogP contribution in [-0.4, -0.2) is 73.9 Å². The molecule has 0 bridgehead atoms. The Morgan fingerprint density at radius 1 is 0.791 bits per heavy atom. The lowest BCUT2D eigenvalue weighted by molar-refractivity contribution is -0.142. The first kappa shape index (κ1) is 32.3. The average molecular weight is 594 g/mol. The van der Waals surface area contributed by atoms with Crippen LogP contribution in [0.3, 0.4) is 0 Å². The number of carbonyl (C=O) groups excluding carboxylic acids is 4. The zero-order valence-electron chi connectivity index (χ0n) is 23.2. The van der Waals surface area contributed by atoms with Crippen LogP contribution in [0, 0.1) is 0 Å². The Balaban J connectivity index is 1.78. The third-order valence-corrected chi connectivity index (χ3v) is 6.55. The Hall–Kier alpha value is -5.24. The van der Waals surface area contributed by atoms with Crippen LogP contribution in [0.1, 0.15) is 29.7 Å². The lowest BCUT2D eigenvalue weighted by Gasteiger charge is -2.25. The number of nitrogens with zero attached hydrogens (tertiary/aromatic N) is 1. The number of carboxylic acids is 1. The third-order valence-electron chi connectivity index (χ3n) is 6.55. The number of rotatable bonds is 16. The van der Waals surface area contributed by atoms with Gasteiger partial charge in [0.2, 0.25) is 23.6 Å². The van der Waals surface area contributed by atoms with Crippen LogP contribution in [0.25, 0.3) is 0 Å². The molecule has 1 heterocycles. The minimum absolute atomic E-state index is 0.00189. The molecule has 0 fully saturated rings. The number of carboxylic acid groups (broad SMARTS) is 1. The summed E-state index contributed by atoms with van der Waals surface area (Å²) in [6, 6.07) is 9.66. The molecular weight excluding hydrogens is 558 g/mol.